The molecule has 5 nitrogen and oxygen atoms in total. The van der Waals surface area contributed by atoms with E-state index in [4.69, 9.17) is 4.98 Å². The van der Waals surface area contributed by atoms with E-state index in [0.29, 0.717) is 5.92 Å². The van der Waals surface area contributed by atoms with Crippen molar-refractivity contribution in [2.45, 2.75) is 52.0 Å². The summed E-state index contributed by atoms with van der Waals surface area (Å²) in [6.07, 6.45) is 11.1. The van der Waals surface area contributed by atoms with Gasteiger partial charge in [-0.15, -0.1) is 0 Å². The predicted molar refractivity (Wildman–Crippen MR) is 90.6 cm³/mol. The number of rotatable bonds is 4. The van der Waals surface area contributed by atoms with E-state index < -0.39 is 0 Å². The number of hydrogen-bond donors (Lipinski definition) is 0. The van der Waals surface area contributed by atoms with Crippen LogP contribution in [0.4, 0.5) is 5.82 Å². The molecule has 5 heteroatoms. The first-order valence-corrected chi connectivity index (χ1v) is 8.77. The molecule has 2 aromatic rings. The molecule has 4 rings (SSSR count). The first-order valence-electron chi connectivity index (χ1n) is 8.77. The van der Waals surface area contributed by atoms with Gasteiger partial charge in [0.1, 0.15) is 11.6 Å². The quantitative estimate of drug-likeness (QED) is 0.870. The molecule has 1 aliphatic heterocycles. The third-order valence-electron chi connectivity index (χ3n) is 5.04. The van der Waals surface area contributed by atoms with Gasteiger partial charge in [0.15, 0.2) is 0 Å². The molecular formula is C18H25N5. The van der Waals surface area contributed by atoms with Gasteiger partial charge >= 0.3 is 0 Å². The van der Waals surface area contributed by atoms with Crippen LogP contribution in [0.15, 0.2) is 18.6 Å². The van der Waals surface area contributed by atoms with Gasteiger partial charge in [-0.1, -0.05) is 0 Å². The lowest BCUT2D eigenvalue weighted by Crippen LogP contribution is -2.36. The first-order chi connectivity index (χ1) is 11.2. The molecule has 1 saturated heterocycles. The molecule has 3 heterocycles. The van der Waals surface area contributed by atoms with Crippen molar-refractivity contribution >= 4 is 5.82 Å². The minimum Gasteiger partial charge on any atom is -0.354 e. The summed E-state index contributed by atoms with van der Waals surface area (Å²) >= 11 is 0. The van der Waals surface area contributed by atoms with Gasteiger partial charge in [0.25, 0.3) is 0 Å². The molecule has 2 fully saturated rings. The highest BCUT2D eigenvalue weighted by atomic mass is 15.2. The summed E-state index contributed by atoms with van der Waals surface area (Å²) in [5.41, 5.74) is 2.01. The number of piperidine rings is 1. The van der Waals surface area contributed by atoms with Crippen molar-refractivity contribution in [1.29, 1.82) is 0 Å². The number of anilines is 1. The second kappa shape index (κ2) is 5.95. The zero-order valence-electron chi connectivity index (χ0n) is 14.1. The van der Waals surface area contributed by atoms with Gasteiger partial charge in [0.05, 0.1) is 11.4 Å². The molecule has 1 saturated carbocycles. The zero-order valence-corrected chi connectivity index (χ0v) is 14.1. The van der Waals surface area contributed by atoms with Crippen LogP contribution >= 0.6 is 0 Å². The zero-order chi connectivity index (χ0) is 15.8. The largest absolute Gasteiger partial charge is 0.354 e. The molecule has 122 valence electrons. The summed E-state index contributed by atoms with van der Waals surface area (Å²) in [7, 11) is 0. The van der Waals surface area contributed by atoms with Crippen LogP contribution in [0.5, 0.6) is 0 Å². The molecule has 2 aliphatic rings. The average molecular weight is 311 g/mol. The Bertz CT molecular complexity index is 688. The summed E-state index contributed by atoms with van der Waals surface area (Å²) in [5, 5.41) is 0. The molecule has 0 N–H and O–H groups in total. The fourth-order valence-corrected chi connectivity index (χ4v) is 3.62. The summed E-state index contributed by atoms with van der Waals surface area (Å²) in [4.78, 5) is 16.3. The standard InChI is InChI=1S/C18H25N5/c1-13-10-20-14(2)17(21-13)22-8-3-4-16(12-22)18-19-7-9-23(18)11-15-5-6-15/h7,9-10,15-16H,3-6,8,11-12H2,1-2H3. The molecule has 0 aromatic carbocycles. The summed E-state index contributed by atoms with van der Waals surface area (Å²) in [6, 6.07) is 0. The fourth-order valence-electron chi connectivity index (χ4n) is 3.62. The number of nitrogens with zero attached hydrogens (tertiary/aromatic N) is 5. The van der Waals surface area contributed by atoms with E-state index >= 15 is 0 Å². The molecule has 23 heavy (non-hydrogen) atoms. The molecule has 1 atom stereocenters. The van der Waals surface area contributed by atoms with Crippen molar-refractivity contribution in [2.24, 2.45) is 5.92 Å². The maximum atomic E-state index is 4.73. The Morgan fingerprint density at radius 1 is 1.17 bits per heavy atom. The van der Waals surface area contributed by atoms with Crippen LogP contribution in [-0.2, 0) is 6.54 Å². The monoisotopic (exact) mass is 311 g/mol. The lowest BCUT2D eigenvalue weighted by atomic mass is 9.97. The van der Waals surface area contributed by atoms with Crippen LogP contribution in [0.3, 0.4) is 0 Å². The molecule has 0 radical (unpaired) electrons. The summed E-state index contributed by atoms with van der Waals surface area (Å²) in [5.74, 6) is 3.70. The van der Waals surface area contributed by atoms with E-state index in [1.54, 1.807) is 0 Å². The van der Waals surface area contributed by atoms with E-state index in [9.17, 15) is 0 Å². The lowest BCUT2D eigenvalue weighted by molar-refractivity contribution is 0.461. The Balaban J connectivity index is 1.55. The summed E-state index contributed by atoms with van der Waals surface area (Å²) in [6.45, 7) is 7.29. The van der Waals surface area contributed by atoms with Gasteiger partial charge in [-0.05, 0) is 45.4 Å². The highest BCUT2D eigenvalue weighted by Crippen LogP contribution is 2.33. The van der Waals surface area contributed by atoms with Gasteiger partial charge in [-0.3, -0.25) is 4.98 Å². The van der Waals surface area contributed by atoms with Gasteiger partial charge in [0.2, 0.25) is 0 Å². The maximum Gasteiger partial charge on any atom is 0.150 e. The first kappa shape index (κ1) is 14.7. The van der Waals surface area contributed by atoms with E-state index in [2.05, 4.69) is 32.6 Å². The summed E-state index contributed by atoms with van der Waals surface area (Å²) < 4.78 is 2.39. The predicted octanol–water partition coefficient (Wildman–Crippen LogP) is 3.08. The van der Waals surface area contributed by atoms with E-state index in [1.807, 2.05) is 19.3 Å². The van der Waals surface area contributed by atoms with Crippen LogP contribution < -0.4 is 4.90 Å². The second-order valence-corrected chi connectivity index (χ2v) is 7.09. The Morgan fingerprint density at radius 3 is 2.87 bits per heavy atom. The number of hydrogen-bond acceptors (Lipinski definition) is 4. The van der Waals surface area contributed by atoms with Crippen molar-refractivity contribution in [3.63, 3.8) is 0 Å². The van der Waals surface area contributed by atoms with Gasteiger partial charge < -0.3 is 9.47 Å². The van der Waals surface area contributed by atoms with Crippen molar-refractivity contribution < 1.29 is 0 Å². The van der Waals surface area contributed by atoms with E-state index in [1.165, 1.54) is 31.5 Å². The Hall–Kier alpha value is -1.91. The molecule has 0 amide bonds. The van der Waals surface area contributed by atoms with Crippen molar-refractivity contribution in [3.8, 4) is 0 Å². The molecule has 0 bridgehead atoms. The highest BCUT2D eigenvalue weighted by molar-refractivity contribution is 5.44. The van der Waals surface area contributed by atoms with Crippen molar-refractivity contribution in [2.75, 3.05) is 18.0 Å². The van der Waals surface area contributed by atoms with Crippen molar-refractivity contribution in [1.82, 2.24) is 19.5 Å². The number of imidazole rings is 1. The third kappa shape index (κ3) is 3.09. The lowest BCUT2D eigenvalue weighted by Gasteiger charge is -2.34. The van der Waals surface area contributed by atoms with Crippen molar-refractivity contribution in [3.05, 3.63) is 35.8 Å². The molecule has 0 spiro atoms. The van der Waals surface area contributed by atoms with Crippen LogP contribution in [0, 0.1) is 19.8 Å². The number of aromatic nitrogens is 4. The second-order valence-electron chi connectivity index (χ2n) is 7.09. The van der Waals surface area contributed by atoms with Crippen LogP contribution in [0.1, 0.15) is 48.8 Å². The Kier molecular flexibility index (Phi) is 3.79. The van der Waals surface area contributed by atoms with Gasteiger partial charge in [0, 0.05) is 44.1 Å². The molecule has 2 aromatic heterocycles. The minimum absolute atomic E-state index is 0.499. The molecular weight excluding hydrogens is 286 g/mol. The van der Waals surface area contributed by atoms with E-state index in [-0.39, 0.29) is 0 Å². The smallest absolute Gasteiger partial charge is 0.150 e. The Morgan fingerprint density at radius 2 is 2.04 bits per heavy atom. The average Bonchev–Trinajstić information content (AvgIpc) is 3.25. The topological polar surface area (TPSA) is 46.8 Å². The van der Waals surface area contributed by atoms with E-state index in [0.717, 1.165) is 42.8 Å². The highest BCUT2D eigenvalue weighted by Gasteiger charge is 2.28. The van der Waals surface area contributed by atoms with Gasteiger partial charge in [-0.25, -0.2) is 9.97 Å². The minimum atomic E-state index is 0.499. The Labute approximate surface area is 137 Å². The molecule has 1 unspecified atom stereocenters. The maximum absolute atomic E-state index is 4.73. The molecule has 1 aliphatic carbocycles. The number of aryl methyl sites for hydroxylation is 2. The fraction of sp³-hybridized carbons (Fsp3) is 0.611. The van der Waals surface area contributed by atoms with Crippen LogP contribution in [0.2, 0.25) is 0 Å². The third-order valence-corrected chi connectivity index (χ3v) is 5.04. The van der Waals surface area contributed by atoms with Gasteiger partial charge in [-0.2, -0.15) is 0 Å². The SMILES string of the molecule is Cc1cnc(C)c(N2CCCC(c3nccn3CC3CC3)C2)n1. The van der Waals surface area contributed by atoms with Crippen LogP contribution in [-0.4, -0.2) is 32.6 Å². The normalized spacial score (nSPS) is 21.7. The van der Waals surface area contributed by atoms with Crippen LogP contribution in [0.25, 0.3) is 0 Å².